The molecular formula is C14H31ClO3Si. The van der Waals surface area contributed by atoms with E-state index in [4.69, 9.17) is 13.6 Å². The summed E-state index contributed by atoms with van der Waals surface area (Å²) in [7, 11) is -2.21. The van der Waals surface area contributed by atoms with E-state index in [-0.39, 0.29) is 5.22 Å². The van der Waals surface area contributed by atoms with Gasteiger partial charge >= 0.3 is 8.56 Å². The monoisotopic (exact) mass is 310 g/mol. The highest BCUT2D eigenvalue weighted by Gasteiger charge is 2.58. The lowest BCUT2D eigenvalue weighted by molar-refractivity contribution is -0.0426. The fourth-order valence-electron chi connectivity index (χ4n) is 3.11. The van der Waals surface area contributed by atoms with Gasteiger partial charge in [0, 0.05) is 26.2 Å². The molecule has 19 heavy (non-hydrogen) atoms. The zero-order valence-corrected chi connectivity index (χ0v) is 15.0. The van der Waals surface area contributed by atoms with Crippen molar-refractivity contribution >= 4 is 20.2 Å². The minimum Gasteiger partial charge on any atom is -0.393 e. The summed E-state index contributed by atoms with van der Waals surface area (Å²) >= 11 is 4.64. The quantitative estimate of drug-likeness (QED) is 0.519. The number of ether oxygens (including phenoxy) is 1. The van der Waals surface area contributed by atoms with Crippen LogP contribution in [-0.2, 0) is 13.6 Å². The summed E-state index contributed by atoms with van der Waals surface area (Å²) in [5.74, 6) is 0. The lowest BCUT2D eigenvalue weighted by atomic mass is 10.1. The van der Waals surface area contributed by atoms with Gasteiger partial charge in [-0.1, -0.05) is 19.8 Å². The van der Waals surface area contributed by atoms with Crippen LogP contribution >= 0.6 is 11.6 Å². The van der Waals surface area contributed by atoms with Gasteiger partial charge in [0.15, 0.2) is 0 Å². The molecule has 1 heterocycles. The molecule has 0 spiro atoms. The first-order valence-electron chi connectivity index (χ1n) is 7.50. The van der Waals surface area contributed by atoms with Crippen molar-refractivity contribution < 1.29 is 13.6 Å². The first-order valence-corrected chi connectivity index (χ1v) is 10.3. The normalized spacial score (nSPS) is 25.6. The highest BCUT2D eigenvalue weighted by atomic mass is 35.5. The second kappa shape index (κ2) is 10.2. The molecule has 0 aromatic rings. The van der Waals surface area contributed by atoms with Crippen molar-refractivity contribution in [3.8, 4) is 0 Å². The summed E-state index contributed by atoms with van der Waals surface area (Å²) in [6.45, 7) is 10.6. The Bertz CT molecular complexity index is 213. The second-order valence-corrected chi connectivity index (χ2v) is 8.10. The number of hydrogen-bond acceptors (Lipinski definition) is 3. The highest BCUT2D eigenvalue weighted by molar-refractivity contribution is 6.70. The Morgan fingerprint density at radius 2 is 1.53 bits per heavy atom. The minimum atomic E-state index is -2.21. The van der Waals surface area contributed by atoms with Crippen LogP contribution in [-0.4, -0.2) is 40.0 Å². The van der Waals surface area contributed by atoms with Gasteiger partial charge in [-0.15, -0.1) is 11.6 Å². The lowest BCUT2D eigenvalue weighted by Gasteiger charge is -2.49. The fraction of sp³-hybridized carbons (Fsp3) is 1.00. The summed E-state index contributed by atoms with van der Waals surface area (Å²) in [6.07, 6.45) is 6.04. The van der Waals surface area contributed by atoms with Crippen molar-refractivity contribution in [3.05, 3.63) is 0 Å². The molecule has 1 fully saturated rings. The van der Waals surface area contributed by atoms with Gasteiger partial charge in [0.05, 0.1) is 0 Å². The van der Waals surface area contributed by atoms with Crippen molar-refractivity contribution in [3.63, 3.8) is 0 Å². The SMILES string of the molecule is CCOC1(CC)CCCC[Si]1(OCC)OCC.CCl. The van der Waals surface area contributed by atoms with Crippen molar-refractivity contribution in [2.45, 2.75) is 64.6 Å². The standard InChI is InChI=1S/C13H28O3Si.CH3Cl/c1-5-13(14-6-2)11-9-10-12-17(13,15-7-3)16-8-4;1-2/h5-12H2,1-4H3;1H3. The first-order chi connectivity index (χ1) is 9.20. The van der Waals surface area contributed by atoms with Crippen LogP contribution in [0.25, 0.3) is 0 Å². The van der Waals surface area contributed by atoms with Crippen LogP contribution in [0.1, 0.15) is 53.4 Å². The van der Waals surface area contributed by atoms with E-state index in [1.807, 2.05) is 0 Å². The van der Waals surface area contributed by atoms with Crippen LogP contribution in [0.5, 0.6) is 0 Å². The van der Waals surface area contributed by atoms with Gasteiger partial charge in [0.2, 0.25) is 0 Å². The second-order valence-electron chi connectivity index (χ2n) is 4.61. The molecular weight excluding hydrogens is 280 g/mol. The summed E-state index contributed by atoms with van der Waals surface area (Å²) in [5, 5.41) is -0.119. The van der Waals surface area contributed by atoms with Crippen molar-refractivity contribution in [1.82, 2.24) is 0 Å². The van der Waals surface area contributed by atoms with Crippen LogP contribution in [0.15, 0.2) is 0 Å². The van der Waals surface area contributed by atoms with E-state index in [0.29, 0.717) is 0 Å². The maximum Gasteiger partial charge on any atom is 0.371 e. The van der Waals surface area contributed by atoms with Gasteiger partial charge in [0.1, 0.15) is 5.22 Å². The Morgan fingerprint density at radius 1 is 0.947 bits per heavy atom. The van der Waals surface area contributed by atoms with Gasteiger partial charge < -0.3 is 13.6 Å². The van der Waals surface area contributed by atoms with E-state index in [0.717, 1.165) is 38.7 Å². The molecule has 0 aliphatic carbocycles. The van der Waals surface area contributed by atoms with Crippen LogP contribution < -0.4 is 0 Å². The molecule has 5 heteroatoms. The Balaban J connectivity index is 0.00000154. The maximum absolute atomic E-state index is 6.16. The molecule has 116 valence electrons. The molecule has 0 N–H and O–H groups in total. The molecule has 1 aliphatic heterocycles. The first kappa shape index (κ1) is 19.4. The molecule has 1 unspecified atom stereocenters. The molecule has 3 nitrogen and oxygen atoms in total. The molecule has 0 saturated carbocycles. The van der Waals surface area contributed by atoms with Crippen molar-refractivity contribution in [2.24, 2.45) is 0 Å². The molecule has 0 aromatic carbocycles. The third-order valence-electron chi connectivity index (χ3n) is 3.78. The zero-order valence-electron chi connectivity index (χ0n) is 13.3. The average Bonchev–Trinajstić information content (AvgIpc) is 2.44. The minimum absolute atomic E-state index is 0.119. The Hall–Kier alpha value is 0.387. The molecule has 0 radical (unpaired) electrons. The topological polar surface area (TPSA) is 27.7 Å². The molecule has 0 bridgehead atoms. The fourth-order valence-corrected chi connectivity index (χ4v) is 7.57. The average molecular weight is 311 g/mol. The molecule has 1 rings (SSSR count). The van der Waals surface area contributed by atoms with Gasteiger partial charge in [-0.2, -0.15) is 0 Å². The van der Waals surface area contributed by atoms with E-state index >= 15 is 0 Å². The lowest BCUT2D eigenvalue weighted by Crippen LogP contribution is -2.65. The van der Waals surface area contributed by atoms with Crippen molar-refractivity contribution in [2.75, 3.05) is 26.2 Å². The predicted octanol–water partition coefficient (Wildman–Crippen LogP) is 4.27. The molecule has 0 aromatic heterocycles. The van der Waals surface area contributed by atoms with E-state index < -0.39 is 8.56 Å². The Kier molecular flexibility index (Phi) is 10.4. The molecule has 0 amide bonds. The van der Waals surface area contributed by atoms with E-state index in [9.17, 15) is 0 Å². The zero-order chi connectivity index (χ0) is 14.8. The number of hydrogen-bond donors (Lipinski definition) is 0. The predicted molar refractivity (Wildman–Crippen MR) is 84.1 cm³/mol. The van der Waals surface area contributed by atoms with Gasteiger partial charge in [-0.05, 0) is 39.7 Å². The van der Waals surface area contributed by atoms with Gasteiger partial charge in [-0.25, -0.2) is 0 Å². The third kappa shape index (κ3) is 4.43. The van der Waals surface area contributed by atoms with Crippen molar-refractivity contribution in [1.29, 1.82) is 0 Å². The van der Waals surface area contributed by atoms with E-state index in [1.54, 1.807) is 0 Å². The van der Waals surface area contributed by atoms with Gasteiger partial charge in [-0.3, -0.25) is 0 Å². The van der Waals surface area contributed by atoms with Crippen LogP contribution in [0.3, 0.4) is 0 Å². The number of alkyl halides is 1. The molecule has 1 atom stereocenters. The largest absolute Gasteiger partial charge is 0.393 e. The Morgan fingerprint density at radius 3 is 1.95 bits per heavy atom. The summed E-state index contributed by atoms with van der Waals surface area (Å²) in [4.78, 5) is 0. The summed E-state index contributed by atoms with van der Waals surface area (Å²) in [5.41, 5.74) is 0. The van der Waals surface area contributed by atoms with Crippen LogP contribution in [0.4, 0.5) is 0 Å². The Labute approximate surface area is 125 Å². The van der Waals surface area contributed by atoms with Crippen LogP contribution in [0.2, 0.25) is 6.04 Å². The maximum atomic E-state index is 6.16. The number of halogens is 1. The number of rotatable bonds is 7. The van der Waals surface area contributed by atoms with Gasteiger partial charge in [0.25, 0.3) is 0 Å². The summed E-state index contributed by atoms with van der Waals surface area (Å²) < 4.78 is 18.5. The van der Waals surface area contributed by atoms with Crippen LogP contribution in [0, 0.1) is 0 Å². The summed E-state index contributed by atoms with van der Waals surface area (Å²) in [6, 6.07) is 1.09. The van der Waals surface area contributed by atoms with E-state index in [2.05, 4.69) is 39.3 Å². The molecule has 1 aliphatic rings. The third-order valence-corrected chi connectivity index (χ3v) is 8.44. The van der Waals surface area contributed by atoms with E-state index in [1.165, 1.54) is 19.2 Å². The smallest absolute Gasteiger partial charge is 0.371 e. The highest BCUT2D eigenvalue weighted by Crippen LogP contribution is 2.42. The molecule has 1 saturated heterocycles.